The first-order valence-electron chi connectivity index (χ1n) is 8.32. The molecule has 1 aromatic carbocycles. The van der Waals surface area contributed by atoms with E-state index in [-0.39, 0.29) is 24.4 Å². The van der Waals surface area contributed by atoms with Crippen LogP contribution < -0.4 is 5.32 Å². The number of carbonyl (C=O) groups excluding carboxylic acids is 1. The van der Waals surface area contributed by atoms with Gasteiger partial charge in [0, 0.05) is 5.10 Å². The highest BCUT2D eigenvalue weighted by atomic mass is 16.6. The maximum Gasteiger partial charge on any atom is 0.490 e. The highest BCUT2D eigenvalue weighted by molar-refractivity contribution is 5.76. The number of nitro groups is 1. The zero-order valence-corrected chi connectivity index (χ0v) is 14.7. The molecule has 8 nitrogen and oxygen atoms in total. The fourth-order valence-electron chi connectivity index (χ4n) is 2.63. The van der Waals surface area contributed by atoms with Crippen LogP contribution in [0.15, 0.2) is 30.6 Å². The Morgan fingerprint density at radius 2 is 2.00 bits per heavy atom. The lowest BCUT2D eigenvalue weighted by Crippen LogP contribution is -2.34. The molecule has 134 valence electrons. The number of benzene rings is 1. The minimum atomic E-state index is -0.691. The molecule has 25 heavy (non-hydrogen) atoms. The van der Waals surface area contributed by atoms with Crippen molar-refractivity contribution in [3.05, 3.63) is 51.8 Å². The highest BCUT2D eigenvalue weighted by Gasteiger charge is 2.20. The molecular weight excluding hydrogens is 322 g/mol. The van der Waals surface area contributed by atoms with Crippen molar-refractivity contribution >= 4 is 11.9 Å². The van der Waals surface area contributed by atoms with Crippen LogP contribution in [0.2, 0.25) is 0 Å². The number of amides is 1. The Morgan fingerprint density at radius 1 is 1.32 bits per heavy atom. The lowest BCUT2D eigenvalue weighted by Gasteiger charge is -2.23. The van der Waals surface area contributed by atoms with E-state index < -0.39 is 10.9 Å². The van der Waals surface area contributed by atoms with Gasteiger partial charge >= 0.3 is 5.95 Å². The Balaban J connectivity index is 2.04. The summed E-state index contributed by atoms with van der Waals surface area (Å²) in [6, 6.07) is 8.11. The molecule has 2 rings (SSSR count). The second-order valence-electron chi connectivity index (χ2n) is 6.28. The largest absolute Gasteiger partial charge is 0.490 e. The third-order valence-electron chi connectivity index (χ3n) is 3.85. The Bertz CT molecular complexity index is 724. The number of aryl methyl sites for hydroxylation is 1. The van der Waals surface area contributed by atoms with Crippen LogP contribution in [0.1, 0.15) is 44.4 Å². The van der Waals surface area contributed by atoms with Crippen LogP contribution in [0.4, 0.5) is 5.95 Å². The molecule has 8 heteroatoms. The van der Waals surface area contributed by atoms with Crippen molar-refractivity contribution in [3.8, 4) is 0 Å². The maximum absolute atomic E-state index is 12.3. The normalized spacial score (nSPS) is 12.2. The zero-order chi connectivity index (χ0) is 18.4. The molecule has 0 saturated carbocycles. The average Bonchev–Trinajstić information content (AvgIpc) is 3.02. The van der Waals surface area contributed by atoms with Gasteiger partial charge in [-0.05, 0) is 28.4 Å². The van der Waals surface area contributed by atoms with Crippen molar-refractivity contribution in [2.45, 2.75) is 46.2 Å². The molecule has 1 amide bonds. The standard InChI is InChI=1S/C17H23N5O3/c1-4-5-13-6-8-14(9-7-13)16(12(2)3)19-15(23)10-21-11-18-17(20-21)22(24)25/h6-9,11-12,16H,4-5,10H2,1-3H3,(H,19,23). The molecule has 0 bridgehead atoms. The van der Waals surface area contributed by atoms with Crippen molar-refractivity contribution in [1.82, 2.24) is 20.1 Å². The SMILES string of the molecule is CCCc1ccc(C(NC(=O)Cn2cnc([N+](=O)[O-])n2)C(C)C)cc1. The van der Waals surface area contributed by atoms with Gasteiger partial charge in [0.2, 0.25) is 12.2 Å². The molecule has 1 unspecified atom stereocenters. The quantitative estimate of drug-likeness (QED) is 0.585. The maximum atomic E-state index is 12.3. The predicted molar refractivity (Wildman–Crippen MR) is 92.8 cm³/mol. The van der Waals surface area contributed by atoms with Crippen LogP contribution in [0.25, 0.3) is 0 Å². The van der Waals surface area contributed by atoms with E-state index in [1.807, 2.05) is 26.0 Å². The summed E-state index contributed by atoms with van der Waals surface area (Å²) in [7, 11) is 0. The van der Waals surface area contributed by atoms with E-state index in [4.69, 9.17) is 0 Å². The van der Waals surface area contributed by atoms with E-state index >= 15 is 0 Å². The van der Waals surface area contributed by atoms with Gasteiger partial charge in [-0.15, -0.1) is 0 Å². The first kappa shape index (κ1) is 18.6. The molecule has 2 aromatic rings. The summed E-state index contributed by atoms with van der Waals surface area (Å²) in [5.41, 5.74) is 2.31. The molecule has 1 N–H and O–H groups in total. The number of hydrogen-bond donors (Lipinski definition) is 1. The summed E-state index contributed by atoms with van der Waals surface area (Å²) < 4.78 is 1.16. The van der Waals surface area contributed by atoms with Gasteiger partial charge in [0.1, 0.15) is 6.54 Å². The van der Waals surface area contributed by atoms with Crippen LogP contribution in [0.3, 0.4) is 0 Å². The van der Waals surface area contributed by atoms with Gasteiger partial charge in [0.05, 0.1) is 6.04 Å². The summed E-state index contributed by atoms with van der Waals surface area (Å²) in [4.78, 5) is 25.7. The molecule has 1 aromatic heterocycles. The first-order valence-corrected chi connectivity index (χ1v) is 8.32. The molecular formula is C17H23N5O3. The van der Waals surface area contributed by atoms with Crippen molar-refractivity contribution < 1.29 is 9.72 Å². The van der Waals surface area contributed by atoms with E-state index in [0.717, 1.165) is 23.1 Å². The number of carbonyl (C=O) groups is 1. The molecule has 0 radical (unpaired) electrons. The van der Waals surface area contributed by atoms with Crippen molar-refractivity contribution in [1.29, 1.82) is 0 Å². The summed E-state index contributed by atoms with van der Waals surface area (Å²) >= 11 is 0. The average molecular weight is 345 g/mol. The van der Waals surface area contributed by atoms with Gasteiger partial charge in [0.15, 0.2) is 0 Å². The lowest BCUT2D eigenvalue weighted by molar-refractivity contribution is -0.394. The Hall–Kier alpha value is -2.77. The summed E-state index contributed by atoms with van der Waals surface area (Å²) in [5, 5.41) is 17.2. The van der Waals surface area contributed by atoms with Crippen molar-refractivity contribution in [2.75, 3.05) is 0 Å². The Labute approximate surface area is 146 Å². The number of hydrogen-bond acceptors (Lipinski definition) is 5. The molecule has 0 aliphatic heterocycles. The summed E-state index contributed by atoms with van der Waals surface area (Å²) in [6.07, 6.45) is 3.30. The molecule has 1 atom stereocenters. The summed E-state index contributed by atoms with van der Waals surface area (Å²) in [6.45, 7) is 6.09. The van der Waals surface area contributed by atoms with E-state index in [1.54, 1.807) is 0 Å². The van der Waals surface area contributed by atoms with Gasteiger partial charge in [-0.1, -0.05) is 56.4 Å². The molecule has 0 saturated heterocycles. The number of rotatable bonds is 8. The van der Waals surface area contributed by atoms with Crippen molar-refractivity contribution in [3.63, 3.8) is 0 Å². The fourth-order valence-corrected chi connectivity index (χ4v) is 2.63. The van der Waals surface area contributed by atoms with E-state index in [9.17, 15) is 14.9 Å². The van der Waals surface area contributed by atoms with Gasteiger partial charge < -0.3 is 15.4 Å². The van der Waals surface area contributed by atoms with Gasteiger partial charge in [-0.2, -0.15) is 4.68 Å². The number of nitrogens with one attached hydrogen (secondary N) is 1. The fraction of sp³-hybridized carbons (Fsp3) is 0.471. The highest BCUT2D eigenvalue weighted by Crippen LogP contribution is 2.22. The molecule has 0 spiro atoms. The molecule has 0 aliphatic carbocycles. The minimum absolute atomic E-state index is 0.113. The zero-order valence-electron chi connectivity index (χ0n) is 14.7. The summed E-state index contributed by atoms with van der Waals surface area (Å²) in [5.74, 6) is -0.582. The molecule has 0 aliphatic rings. The number of aromatic nitrogens is 3. The van der Waals surface area contributed by atoms with Crippen LogP contribution in [-0.4, -0.2) is 25.6 Å². The molecule has 0 fully saturated rings. The van der Waals surface area contributed by atoms with Crippen LogP contribution in [-0.2, 0) is 17.8 Å². The Morgan fingerprint density at radius 3 is 2.52 bits per heavy atom. The van der Waals surface area contributed by atoms with Gasteiger partial charge in [-0.3, -0.25) is 4.79 Å². The second-order valence-corrected chi connectivity index (χ2v) is 6.28. The van der Waals surface area contributed by atoms with E-state index in [1.165, 1.54) is 11.9 Å². The monoisotopic (exact) mass is 345 g/mol. The van der Waals surface area contributed by atoms with E-state index in [0.29, 0.717) is 0 Å². The number of nitrogens with zero attached hydrogens (tertiary/aromatic N) is 4. The lowest BCUT2D eigenvalue weighted by atomic mass is 9.94. The van der Waals surface area contributed by atoms with Crippen LogP contribution in [0, 0.1) is 16.0 Å². The topological polar surface area (TPSA) is 103 Å². The minimum Gasteiger partial charge on any atom is -0.390 e. The van der Waals surface area contributed by atoms with Crippen molar-refractivity contribution in [2.24, 2.45) is 5.92 Å². The van der Waals surface area contributed by atoms with Gasteiger partial charge in [0.25, 0.3) is 0 Å². The Kier molecular flexibility index (Phi) is 6.21. The predicted octanol–water partition coefficient (Wildman–Crippen LogP) is 2.65. The van der Waals surface area contributed by atoms with E-state index in [2.05, 4.69) is 34.5 Å². The first-order chi connectivity index (χ1) is 11.9. The third-order valence-corrected chi connectivity index (χ3v) is 3.85. The second kappa shape index (κ2) is 8.36. The van der Waals surface area contributed by atoms with Crippen LogP contribution in [0.5, 0.6) is 0 Å². The van der Waals surface area contributed by atoms with Gasteiger partial charge in [-0.25, -0.2) is 0 Å². The third kappa shape index (κ3) is 5.10. The van der Waals surface area contributed by atoms with Crippen LogP contribution >= 0.6 is 0 Å². The smallest absolute Gasteiger partial charge is 0.390 e. The molecule has 1 heterocycles.